The standard InChI is InChI=1S/4K.4Na.H6O13P4.8H/c;;;;;;;;1-14(2,3)11-16(7,8)13-17(9,10)12-15(4,5)6;;;;;;;;/h;;;;;;;;(H,7,8)(H,9,10)(H2,1,2,3)(H2,4,5,6);;;;;;;;/q8*+1;;8*-1. The van der Waals surface area contributed by atoms with Crippen molar-refractivity contribution in [2.75, 3.05) is 0 Å². The van der Waals surface area contributed by atoms with Gasteiger partial charge >= 0.3 is 355 Å². The van der Waals surface area contributed by atoms with Crippen molar-refractivity contribution in [3.63, 3.8) is 0 Å². The van der Waals surface area contributed by atoms with E-state index in [4.69, 9.17) is 29.4 Å². The van der Waals surface area contributed by atoms with Crippen LogP contribution in [0.4, 0.5) is 0 Å². The zero-order valence-corrected chi connectivity index (χ0v) is 39.4. The predicted molar refractivity (Wildman–Crippen MR) is 55.9 cm³/mol. The van der Waals surface area contributed by atoms with E-state index in [2.05, 4.69) is 12.9 Å². The van der Waals surface area contributed by atoms with E-state index in [1.165, 1.54) is 0 Å². The summed E-state index contributed by atoms with van der Waals surface area (Å²) >= 11 is 0. The minimum absolute atomic E-state index is 0. The van der Waals surface area contributed by atoms with Crippen molar-refractivity contribution in [3.8, 4) is 0 Å². The Hall–Kier alpha value is 11.1. The molecule has 120 valence electrons. The Morgan fingerprint density at radius 3 is 0.760 bits per heavy atom. The fraction of sp³-hybridized carbons (Fsp3) is 0. The molecule has 0 heterocycles. The first kappa shape index (κ1) is 60.6. The minimum atomic E-state index is -5.77. The van der Waals surface area contributed by atoms with Gasteiger partial charge in [-0.2, -0.15) is 12.9 Å². The summed E-state index contributed by atoms with van der Waals surface area (Å²) in [5.41, 5.74) is 0. The van der Waals surface area contributed by atoms with Crippen LogP contribution < -0.4 is 324 Å². The Morgan fingerprint density at radius 1 is 0.480 bits per heavy atom. The Bertz CT molecular complexity index is 459. The molecular weight excluding hydrogens is 580 g/mol. The molecule has 2 unspecified atom stereocenters. The van der Waals surface area contributed by atoms with Gasteiger partial charge in [0.15, 0.2) is 0 Å². The third kappa shape index (κ3) is 45.4. The van der Waals surface area contributed by atoms with Gasteiger partial charge in [-0.15, -0.1) is 0 Å². The van der Waals surface area contributed by atoms with Gasteiger partial charge in [-0.3, -0.25) is 0 Å². The van der Waals surface area contributed by atoms with E-state index in [0.717, 1.165) is 0 Å². The van der Waals surface area contributed by atoms with E-state index in [-0.39, 0.29) is 335 Å². The van der Waals surface area contributed by atoms with Crippen molar-refractivity contribution in [3.05, 3.63) is 0 Å². The molecule has 6 N–H and O–H groups in total. The zero-order chi connectivity index (χ0) is 14.1. The van der Waals surface area contributed by atoms with Crippen LogP contribution in [0.25, 0.3) is 0 Å². The van der Waals surface area contributed by atoms with Crippen molar-refractivity contribution >= 4 is 31.3 Å². The molecule has 0 rings (SSSR count). The minimum Gasteiger partial charge on any atom is -1.00 e. The SMILES string of the molecule is O=P(O)(O)OP(=O)(O)OP(=O)(O)OP(=O)(O)O.[H-].[H-].[H-].[H-].[H-].[H-].[H-].[H-].[K+].[K+].[K+].[K+].[Na+].[Na+].[Na+].[Na+]. The van der Waals surface area contributed by atoms with E-state index < -0.39 is 31.3 Å². The Morgan fingerprint density at radius 2 is 0.640 bits per heavy atom. The van der Waals surface area contributed by atoms with Gasteiger partial charge in [0, 0.05) is 0 Å². The third-order valence-electron chi connectivity index (χ3n) is 0.625. The first-order valence-corrected chi connectivity index (χ1v) is 9.08. The largest absolute Gasteiger partial charge is 1.00 e. The van der Waals surface area contributed by atoms with Crippen molar-refractivity contribution in [1.82, 2.24) is 0 Å². The molecule has 13 nitrogen and oxygen atoms in total. The van der Waals surface area contributed by atoms with Crippen LogP contribution in [0.1, 0.15) is 11.4 Å². The normalized spacial score (nSPS) is 14.0. The van der Waals surface area contributed by atoms with Gasteiger partial charge in [0.25, 0.3) is 0 Å². The topological polar surface area (TPSA) is 217 Å². The Kier molecular flexibility index (Phi) is 68.1. The summed E-state index contributed by atoms with van der Waals surface area (Å²) in [4.78, 5) is 49.4. The van der Waals surface area contributed by atoms with Crippen molar-refractivity contribution in [2.24, 2.45) is 0 Å². The van der Waals surface area contributed by atoms with Crippen molar-refractivity contribution < 1.29 is 396 Å². The fourth-order valence-electron chi connectivity index (χ4n) is 0.429. The van der Waals surface area contributed by atoms with E-state index in [1.54, 1.807) is 0 Å². The van der Waals surface area contributed by atoms with Crippen molar-refractivity contribution in [1.29, 1.82) is 0 Å². The summed E-state index contributed by atoms with van der Waals surface area (Å²) in [5.74, 6) is 0. The number of phosphoric acid groups is 4. The second-order valence-corrected chi connectivity index (χ2v) is 7.96. The summed E-state index contributed by atoms with van der Waals surface area (Å²) in [6, 6.07) is 0. The first-order valence-electron chi connectivity index (χ1n) is 3.03. The molecule has 0 aromatic carbocycles. The van der Waals surface area contributed by atoms with E-state index in [1.807, 2.05) is 0 Å². The van der Waals surface area contributed by atoms with Crippen LogP contribution in [0.2, 0.25) is 0 Å². The summed E-state index contributed by atoms with van der Waals surface area (Å²) in [7, 11) is -22.6. The van der Waals surface area contributed by atoms with Crippen LogP contribution in [-0.2, 0) is 31.2 Å². The van der Waals surface area contributed by atoms with E-state index in [9.17, 15) is 18.3 Å². The van der Waals surface area contributed by atoms with Crippen LogP contribution in [0.3, 0.4) is 0 Å². The molecule has 0 radical (unpaired) electrons. The molecular formula is H14K4Na4O13P4. The first-order chi connectivity index (χ1) is 7.12. The third-order valence-corrected chi connectivity index (χ3v) is 5.63. The molecule has 0 aromatic rings. The van der Waals surface area contributed by atoms with Gasteiger partial charge < -0.3 is 40.8 Å². The molecule has 0 spiro atoms. The second kappa shape index (κ2) is 28.1. The molecule has 0 saturated carbocycles. The van der Waals surface area contributed by atoms with Gasteiger partial charge in [-0.25, -0.2) is 18.3 Å². The molecule has 0 amide bonds. The van der Waals surface area contributed by atoms with Crippen LogP contribution >= 0.6 is 31.3 Å². The van der Waals surface area contributed by atoms with Crippen molar-refractivity contribution in [2.45, 2.75) is 0 Å². The van der Waals surface area contributed by atoms with Crippen LogP contribution in [0, 0.1) is 0 Å². The monoisotopic (exact) mass is 594 g/mol. The predicted octanol–water partition coefficient (Wildman–Crippen LogP) is -23.6. The van der Waals surface area contributed by atoms with Crippen LogP contribution in [-0.4, -0.2) is 29.4 Å². The Labute approximate surface area is 414 Å². The van der Waals surface area contributed by atoms with Gasteiger partial charge in [-0.05, 0) is 0 Å². The van der Waals surface area contributed by atoms with Gasteiger partial charge in [0.05, 0.1) is 0 Å². The molecule has 0 aromatic heterocycles. The molecule has 0 fully saturated rings. The van der Waals surface area contributed by atoms with Crippen LogP contribution in [0.5, 0.6) is 0 Å². The molecule has 0 aliphatic heterocycles. The fourth-order valence-corrected chi connectivity index (χ4v) is 4.40. The molecule has 0 bridgehead atoms. The maximum absolute atomic E-state index is 10.7. The van der Waals surface area contributed by atoms with Gasteiger partial charge in [0.2, 0.25) is 0 Å². The average Bonchev–Trinajstić information content (AvgIpc) is 1.65. The van der Waals surface area contributed by atoms with E-state index >= 15 is 0 Å². The number of hydrogen-bond donors (Lipinski definition) is 6. The molecule has 2 atom stereocenters. The molecule has 0 saturated heterocycles. The van der Waals surface area contributed by atoms with Gasteiger partial charge in [0.1, 0.15) is 0 Å². The number of rotatable bonds is 6. The summed E-state index contributed by atoms with van der Waals surface area (Å²) in [5, 5.41) is 0. The summed E-state index contributed by atoms with van der Waals surface area (Å²) in [6.07, 6.45) is 0. The number of hydrogen-bond acceptors (Lipinski definition) is 7. The van der Waals surface area contributed by atoms with Gasteiger partial charge in [-0.1, -0.05) is 0 Å². The smallest absolute Gasteiger partial charge is 1.00 e. The second-order valence-electron chi connectivity index (χ2n) is 2.16. The van der Waals surface area contributed by atoms with Crippen LogP contribution in [0.15, 0.2) is 0 Å². The quantitative estimate of drug-likeness (QED) is 0.125. The van der Waals surface area contributed by atoms with E-state index in [0.29, 0.717) is 0 Å². The zero-order valence-electron chi connectivity index (χ0n) is 23.3. The summed E-state index contributed by atoms with van der Waals surface area (Å²) < 4.78 is 50.9. The molecule has 0 aliphatic carbocycles. The maximum atomic E-state index is 10.7. The molecule has 25 heteroatoms. The maximum Gasteiger partial charge on any atom is 1.00 e. The average molecular weight is 594 g/mol. The Balaban J connectivity index is -0.0000000107. The molecule has 25 heavy (non-hydrogen) atoms. The summed E-state index contributed by atoms with van der Waals surface area (Å²) in [6.45, 7) is 0. The molecule has 0 aliphatic rings.